The Labute approximate surface area is 206 Å². The van der Waals surface area contributed by atoms with Gasteiger partial charge < -0.3 is 15.2 Å². The smallest absolute Gasteiger partial charge is 0.337 e. The lowest BCUT2D eigenvalue weighted by Crippen LogP contribution is -2.35. The molecule has 3 rings (SSSR count). The summed E-state index contributed by atoms with van der Waals surface area (Å²) in [6, 6.07) is 8.90. The Balaban J connectivity index is 1.86. The number of aromatic carboxylic acids is 1. The van der Waals surface area contributed by atoms with E-state index in [9.17, 15) is 27.9 Å². The van der Waals surface area contributed by atoms with Crippen LogP contribution >= 0.6 is 15.9 Å². The fourth-order valence-corrected chi connectivity index (χ4v) is 5.59. The normalized spacial score (nSPS) is 17.3. The van der Waals surface area contributed by atoms with Gasteiger partial charge in [0.25, 0.3) is 15.9 Å². The van der Waals surface area contributed by atoms with Gasteiger partial charge in [-0.1, -0.05) is 35.0 Å². The molecule has 1 atom stereocenters. The maximum absolute atomic E-state index is 13.3. The molecule has 1 fully saturated rings. The van der Waals surface area contributed by atoms with Crippen LogP contribution in [0.4, 0.5) is 5.69 Å². The van der Waals surface area contributed by atoms with E-state index in [2.05, 4.69) is 21.2 Å². The van der Waals surface area contributed by atoms with Crippen molar-refractivity contribution in [2.24, 2.45) is 0 Å². The van der Waals surface area contributed by atoms with Crippen LogP contribution in [0.3, 0.4) is 0 Å². The van der Waals surface area contributed by atoms with Gasteiger partial charge in [-0.05, 0) is 67.8 Å². The van der Waals surface area contributed by atoms with Crippen LogP contribution in [0.25, 0.3) is 0 Å². The number of nitrogens with one attached hydrogen (secondary N) is 1. The molecule has 0 aromatic heterocycles. The molecule has 1 aliphatic heterocycles. The van der Waals surface area contributed by atoms with Gasteiger partial charge in [0.2, 0.25) is 0 Å². The number of nitrogens with zero attached hydrogens (tertiary/aromatic N) is 1. The maximum atomic E-state index is 13.3. The van der Waals surface area contributed by atoms with Gasteiger partial charge in [-0.3, -0.25) is 9.10 Å². The molecule has 34 heavy (non-hydrogen) atoms. The van der Waals surface area contributed by atoms with E-state index in [1.54, 1.807) is 18.2 Å². The summed E-state index contributed by atoms with van der Waals surface area (Å²) in [6.07, 6.45) is 7.63. The number of anilines is 1. The molecule has 2 aromatic rings. The number of carbonyl (C=O) groups is 3. The lowest BCUT2D eigenvalue weighted by atomic mass is 10.1. The number of hydrogen-bond donors (Lipinski definition) is 2. The van der Waals surface area contributed by atoms with Crippen LogP contribution in [-0.2, 0) is 14.8 Å². The van der Waals surface area contributed by atoms with Gasteiger partial charge in [-0.25, -0.2) is 13.2 Å². The van der Waals surface area contributed by atoms with E-state index < -0.39 is 27.9 Å². The standard InChI is InChI=1S/C24H23BrN2O6S/c1-2-3-4-5-18-9-10-19(15-28)27(18)34(32,33)20-11-6-16(7-12-20)23(29)26-22-13-8-17(25)14-21(22)24(30)31/h3-8,11-15,19H,2,9-10H2,1H3,(H,26,29)(H,30,31)/b4-3-,18-5+. The van der Waals surface area contributed by atoms with Gasteiger partial charge in [-0.15, -0.1) is 0 Å². The monoisotopic (exact) mass is 546 g/mol. The maximum Gasteiger partial charge on any atom is 0.337 e. The molecular weight excluding hydrogens is 524 g/mol. The number of sulfonamides is 1. The van der Waals surface area contributed by atoms with Crippen molar-refractivity contribution in [2.75, 3.05) is 5.32 Å². The van der Waals surface area contributed by atoms with E-state index in [0.717, 1.165) is 10.7 Å². The SMILES string of the molecule is CC/C=C\C=C1/CCC(C=O)N1S(=O)(=O)c1ccc(C(=O)Nc2ccc(Br)cc2C(=O)O)cc1. The Kier molecular flexibility index (Phi) is 8.06. The first-order valence-electron chi connectivity index (χ1n) is 10.5. The van der Waals surface area contributed by atoms with Gasteiger partial charge in [0.15, 0.2) is 0 Å². The topological polar surface area (TPSA) is 121 Å². The molecule has 1 unspecified atom stereocenters. The zero-order valence-electron chi connectivity index (χ0n) is 18.3. The Morgan fingerprint density at radius 1 is 1.21 bits per heavy atom. The van der Waals surface area contributed by atoms with Crippen LogP contribution < -0.4 is 5.32 Å². The van der Waals surface area contributed by atoms with E-state index in [-0.39, 0.29) is 21.7 Å². The van der Waals surface area contributed by atoms with E-state index in [1.807, 2.05) is 13.0 Å². The lowest BCUT2D eigenvalue weighted by Gasteiger charge is -2.24. The van der Waals surface area contributed by atoms with Gasteiger partial charge >= 0.3 is 5.97 Å². The molecule has 8 nitrogen and oxygen atoms in total. The molecule has 0 bridgehead atoms. The molecule has 178 valence electrons. The number of allylic oxidation sites excluding steroid dienone is 4. The third kappa shape index (κ3) is 5.45. The van der Waals surface area contributed by atoms with Crippen molar-refractivity contribution in [3.8, 4) is 0 Å². The highest BCUT2D eigenvalue weighted by Crippen LogP contribution is 2.33. The number of halogens is 1. The van der Waals surface area contributed by atoms with Crippen molar-refractivity contribution in [2.45, 2.75) is 37.1 Å². The Morgan fingerprint density at radius 3 is 2.53 bits per heavy atom. The first kappa shape index (κ1) is 25.4. The zero-order chi connectivity index (χ0) is 24.9. The van der Waals surface area contributed by atoms with Crippen LogP contribution in [-0.4, -0.2) is 42.0 Å². The molecule has 1 aliphatic rings. The molecule has 1 saturated heterocycles. The highest BCUT2D eigenvalue weighted by atomic mass is 79.9. The molecule has 0 saturated carbocycles. The molecule has 0 aliphatic carbocycles. The van der Waals surface area contributed by atoms with Crippen molar-refractivity contribution in [3.05, 3.63) is 82.0 Å². The highest BCUT2D eigenvalue weighted by molar-refractivity contribution is 9.10. The van der Waals surface area contributed by atoms with Crippen LogP contribution in [0.15, 0.2) is 75.8 Å². The molecule has 10 heteroatoms. The quantitative estimate of drug-likeness (QED) is 0.466. The van der Waals surface area contributed by atoms with Gasteiger partial charge in [0.1, 0.15) is 12.3 Å². The predicted octanol–water partition coefficient (Wildman–Crippen LogP) is 4.60. The van der Waals surface area contributed by atoms with E-state index in [1.165, 1.54) is 36.4 Å². The highest BCUT2D eigenvalue weighted by Gasteiger charge is 2.37. The van der Waals surface area contributed by atoms with Gasteiger partial charge in [-0.2, -0.15) is 0 Å². The van der Waals surface area contributed by atoms with Crippen LogP contribution in [0.1, 0.15) is 46.9 Å². The largest absolute Gasteiger partial charge is 0.478 e. The molecule has 0 spiro atoms. The second-order valence-corrected chi connectivity index (χ2v) is 10.2. The summed E-state index contributed by atoms with van der Waals surface area (Å²) in [5, 5.41) is 11.9. The van der Waals surface area contributed by atoms with Gasteiger partial charge in [0.05, 0.1) is 16.1 Å². The molecule has 0 radical (unpaired) electrons. The summed E-state index contributed by atoms with van der Waals surface area (Å²) in [6.45, 7) is 1.96. The van der Waals surface area contributed by atoms with E-state index in [0.29, 0.717) is 29.3 Å². The summed E-state index contributed by atoms with van der Waals surface area (Å²) in [5.74, 6) is -1.79. The summed E-state index contributed by atoms with van der Waals surface area (Å²) < 4.78 is 28.3. The van der Waals surface area contributed by atoms with Crippen molar-refractivity contribution >= 4 is 49.8 Å². The second-order valence-electron chi connectivity index (χ2n) is 7.51. The van der Waals surface area contributed by atoms with Gasteiger partial charge in [0, 0.05) is 15.7 Å². The Morgan fingerprint density at radius 2 is 1.91 bits per heavy atom. The van der Waals surface area contributed by atoms with Crippen LogP contribution in [0, 0.1) is 0 Å². The van der Waals surface area contributed by atoms with E-state index in [4.69, 9.17) is 0 Å². The molecule has 2 N–H and O–H groups in total. The van der Waals surface area contributed by atoms with Crippen molar-refractivity contribution in [3.63, 3.8) is 0 Å². The molecule has 2 aromatic carbocycles. The number of rotatable bonds is 8. The van der Waals surface area contributed by atoms with Crippen molar-refractivity contribution in [1.82, 2.24) is 4.31 Å². The average Bonchev–Trinajstić information content (AvgIpc) is 3.24. The number of amides is 1. The molecular formula is C24H23BrN2O6S. The third-order valence-electron chi connectivity index (χ3n) is 5.23. The first-order valence-corrected chi connectivity index (χ1v) is 12.7. The summed E-state index contributed by atoms with van der Waals surface area (Å²) >= 11 is 3.19. The average molecular weight is 547 g/mol. The van der Waals surface area contributed by atoms with Crippen molar-refractivity contribution in [1.29, 1.82) is 0 Å². The summed E-state index contributed by atoms with van der Waals surface area (Å²) in [5.41, 5.74) is 0.693. The summed E-state index contributed by atoms with van der Waals surface area (Å²) in [4.78, 5) is 35.6. The lowest BCUT2D eigenvalue weighted by molar-refractivity contribution is -0.110. The summed E-state index contributed by atoms with van der Waals surface area (Å²) in [7, 11) is -4.03. The number of carboxylic acids is 1. The van der Waals surface area contributed by atoms with Crippen molar-refractivity contribution < 1.29 is 27.9 Å². The third-order valence-corrected chi connectivity index (χ3v) is 7.62. The number of benzene rings is 2. The molecule has 1 amide bonds. The fourth-order valence-electron chi connectivity index (χ4n) is 3.55. The van der Waals surface area contributed by atoms with Crippen LogP contribution in [0.5, 0.6) is 0 Å². The fraction of sp³-hybridized carbons (Fsp3) is 0.208. The Hall–Kier alpha value is -3.24. The number of hydrogen-bond acceptors (Lipinski definition) is 5. The number of carbonyl (C=O) groups excluding carboxylic acids is 2. The first-order chi connectivity index (χ1) is 16.2. The predicted molar refractivity (Wildman–Crippen MR) is 131 cm³/mol. The minimum Gasteiger partial charge on any atom is -0.478 e. The zero-order valence-corrected chi connectivity index (χ0v) is 20.7. The van der Waals surface area contributed by atoms with E-state index >= 15 is 0 Å². The Bertz CT molecular complexity index is 1270. The number of aldehydes is 1. The second kappa shape index (κ2) is 10.8. The van der Waals surface area contributed by atoms with Crippen LogP contribution in [0.2, 0.25) is 0 Å². The minimum absolute atomic E-state index is 0.0574. The minimum atomic E-state index is -4.03. The molecule has 1 heterocycles. The number of carboxylic acid groups (broad SMARTS) is 1.